The topological polar surface area (TPSA) is 58.4 Å². The lowest BCUT2D eigenvalue weighted by molar-refractivity contribution is 0.257. The van der Waals surface area contributed by atoms with Gasteiger partial charge in [0.15, 0.2) is 0 Å². The average molecular weight is 283 g/mol. The summed E-state index contributed by atoms with van der Waals surface area (Å²) in [5.41, 5.74) is 9.37. The zero-order valence-corrected chi connectivity index (χ0v) is 12.5. The molecule has 0 heterocycles. The number of hydrogen-bond donors (Lipinski definition) is 2. The van der Waals surface area contributed by atoms with Gasteiger partial charge in [0.05, 0.1) is 0 Å². The normalized spacial score (nSPS) is 10.2. The van der Waals surface area contributed by atoms with Gasteiger partial charge in [-0.1, -0.05) is 30.3 Å². The highest BCUT2D eigenvalue weighted by atomic mass is 16.2. The second-order valence-electron chi connectivity index (χ2n) is 4.87. The molecule has 0 radical (unpaired) electrons. The van der Waals surface area contributed by atoms with Crippen molar-refractivity contribution in [2.75, 3.05) is 16.8 Å². The van der Waals surface area contributed by atoms with Gasteiger partial charge < -0.3 is 11.1 Å². The van der Waals surface area contributed by atoms with Crippen molar-refractivity contribution in [3.8, 4) is 0 Å². The van der Waals surface area contributed by atoms with Gasteiger partial charge in [0.25, 0.3) is 0 Å². The third-order valence-corrected chi connectivity index (χ3v) is 3.38. The first kappa shape index (κ1) is 15.1. The van der Waals surface area contributed by atoms with E-state index >= 15 is 0 Å². The van der Waals surface area contributed by atoms with Crippen molar-refractivity contribution < 1.29 is 4.79 Å². The van der Waals surface area contributed by atoms with E-state index in [-0.39, 0.29) is 6.03 Å². The second kappa shape index (κ2) is 6.90. The van der Waals surface area contributed by atoms with Crippen LogP contribution in [0.25, 0.3) is 0 Å². The minimum absolute atomic E-state index is 0.138. The quantitative estimate of drug-likeness (QED) is 0.902. The summed E-state index contributed by atoms with van der Waals surface area (Å²) in [7, 11) is 0. The molecule has 0 bridgehead atoms. The predicted molar refractivity (Wildman–Crippen MR) is 87.6 cm³/mol. The van der Waals surface area contributed by atoms with Crippen LogP contribution in [0.1, 0.15) is 18.1 Å². The second-order valence-corrected chi connectivity index (χ2v) is 4.87. The minimum atomic E-state index is -0.138. The van der Waals surface area contributed by atoms with Crippen LogP contribution in [0.5, 0.6) is 0 Å². The van der Waals surface area contributed by atoms with Crippen LogP contribution in [0.2, 0.25) is 0 Å². The average Bonchev–Trinajstić information content (AvgIpc) is 2.50. The van der Waals surface area contributed by atoms with E-state index in [1.165, 1.54) is 0 Å². The fraction of sp³-hybridized carbons (Fsp3) is 0.235. The SMILES string of the molecule is CCN(C(=O)Nc1cccc(CN)c1)c1ccccc1C. The monoisotopic (exact) mass is 283 g/mol. The Morgan fingerprint density at radius 3 is 2.62 bits per heavy atom. The molecule has 0 spiro atoms. The van der Waals surface area contributed by atoms with Crippen LogP contribution >= 0.6 is 0 Å². The maximum absolute atomic E-state index is 12.5. The van der Waals surface area contributed by atoms with E-state index in [0.717, 1.165) is 22.5 Å². The Balaban J connectivity index is 2.19. The zero-order chi connectivity index (χ0) is 15.2. The number of nitrogens with zero attached hydrogens (tertiary/aromatic N) is 1. The largest absolute Gasteiger partial charge is 0.326 e. The Labute approximate surface area is 125 Å². The number of carbonyl (C=O) groups is 1. The number of rotatable bonds is 4. The molecule has 0 aliphatic carbocycles. The smallest absolute Gasteiger partial charge is 0.326 e. The molecular formula is C17H21N3O. The molecule has 0 saturated heterocycles. The van der Waals surface area contributed by atoms with Crippen LogP contribution in [0.15, 0.2) is 48.5 Å². The Kier molecular flexibility index (Phi) is 4.95. The van der Waals surface area contributed by atoms with Crippen LogP contribution in [-0.4, -0.2) is 12.6 Å². The van der Waals surface area contributed by atoms with E-state index in [0.29, 0.717) is 13.1 Å². The third kappa shape index (κ3) is 3.61. The molecule has 2 rings (SSSR count). The highest BCUT2D eigenvalue weighted by Crippen LogP contribution is 2.20. The van der Waals surface area contributed by atoms with E-state index in [9.17, 15) is 4.79 Å². The Morgan fingerprint density at radius 2 is 1.95 bits per heavy atom. The molecule has 3 N–H and O–H groups in total. The van der Waals surface area contributed by atoms with Crippen molar-refractivity contribution in [2.24, 2.45) is 5.73 Å². The van der Waals surface area contributed by atoms with Gasteiger partial charge in [-0.05, 0) is 43.2 Å². The molecule has 110 valence electrons. The molecular weight excluding hydrogens is 262 g/mol. The van der Waals surface area contributed by atoms with Crippen LogP contribution in [0.3, 0.4) is 0 Å². The Bertz CT molecular complexity index is 625. The minimum Gasteiger partial charge on any atom is -0.326 e. The molecule has 0 atom stereocenters. The Hall–Kier alpha value is -2.33. The number of benzene rings is 2. The first-order valence-corrected chi connectivity index (χ1v) is 7.09. The van der Waals surface area contributed by atoms with Crippen LogP contribution in [0, 0.1) is 6.92 Å². The molecule has 4 nitrogen and oxygen atoms in total. The summed E-state index contributed by atoms with van der Waals surface area (Å²) in [5, 5.41) is 2.92. The maximum Gasteiger partial charge on any atom is 0.326 e. The van der Waals surface area contributed by atoms with Gasteiger partial charge >= 0.3 is 6.03 Å². The first-order valence-electron chi connectivity index (χ1n) is 7.09. The van der Waals surface area contributed by atoms with E-state index < -0.39 is 0 Å². The molecule has 0 aliphatic rings. The number of anilines is 2. The van der Waals surface area contributed by atoms with E-state index in [1.807, 2.05) is 62.4 Å². The van der Waals surface area contributed by atoms with Crippen molar-refractivity contribution >= 4 is 17.4 Å². The van der Waals surface area contributed by atoms with Crippen molar-refractivity contribution in [3.05, 3.63) is 59.7 Å². The number of hydrogen-bond acceptors (Lipinski definition) is 2. The molecule has 21 heavy (non-hydrogen) atoms. The molecule has 0 aliphatic heterocycles. The molecule has 2 amide bonds. The van der Waals surface area contributed by atoms with Crippen molar-refractivity contribution in [3.63, 3.8) is 0 Å². The number of amides is 2. The molecule has 2 aromatic rings. The lowest BCUT2D eigenvalue weighted by Gasteiger charge is -2.23. The number of nitrogens with one attached hydrogen (secondary N) is 1. The number of carbonyl (C=O) groups excluding carboxylic acids is 1. The summed E-state index contributed by atoms with van der Waals surface area (Å²) in [6, 6.07) is 15.3. The van der Waals surface area contributed by atoms with Crippen LogP contribution < -0.4 is 16.0 Å². The van der Waals surface area contributed by atoms with E-state index in [1.54, 1.807) is 4.90 Å². The summed E-state index contributed by atoms with van der Waals surface area (Å²) in [6.07, 6.45) is 0. The molecule has 0 fully saturated rings. The lowest BCUT2D eigenvalue weighted by Crippen LogP contribution is -2.35. The first-order chi connectivity index (χ1) is 10.2. The molecule has 0 unspecified atom stereocenters. The molecule has 4 heteroatoms. The molecule has 0 saturated carbocycles. The van der Waals surface area contributed by atoms with Crippen molar-refractivity contribution in [1.82, 2.24) is 0 Å². The third-order valence-electron chi connectivity index (χ3n) is 3.38. The zero-order valence-electron chi connectivity index (χ0n) is 12.5. The van der Waals surface area contributed by atoms with Crippen LogP contribution in [-0.2, 0) is 6.54 Å². The standard InChI is InChI=1S/C17H21N3O/c1-3-20(16-10-5-4-7-13(16)2)17(21)19-15-9-6-8-14(11-15)12-18/h4-11H,3,12,18H2,1-2H3,(H,19,21). The summed E-state index contributed by atoms with van der Waals surface area (Å²) >= 11 is 0. The summed E-state index contributed by atoms with van der Waals surface area (Å²) in [4.78, 5) is 14.2. The van der Waals surface area contributed by atoms with Gasteiger partial charge in [-0.15, -0.1) is 0 Å². The van der Waals surface area contributed by atoms with E-state index in [2.05, 4.69) is 5.32 Å². The highest BCUT2D eigenvalue weighted by Gasteiger charge is 2.15. The fourth-order valence-corrected chi connectivity index (χ4v) is 2.26. The number of urea groups is 1. The maximum atomic E-state index is 12.5. The van der Waals surface area contributed by atoms with Crippen molar-refractivity contribution in [2.45, 2.75) is 20.4 Å². The van der Waals surface area contributed by atoms with Gasteiger partial charge in [0.1, 0.15) is 0 Å². The Morgan fingerprint density at radius 1 is 1.19 bits per heavy atom. The highest BCUT2D eigenvalue weighted by molar-refractivity contribution is 6.02. The van der Waals surface area contributed by atoms with Gasteiger partial charge in [-0.25, -0.2) is 4.79 Å². The molecule has 2 aromatic carbocycles. The van der Waals surface area contributed by atoms with E-state index in [4.69, 9.17) is 5.73 Å². The summed E-state index contributed by atoms with van der Waals surface area (Å²) in [6.45, 7) is 5.02. The summed E-state index contributed by atoms with van der Waals surface area (Å²) in [5.74, 6) is 0. The van der Waals surface area contributed by atoms with Gasteiger partial charge in [-0.2, -0.15) is 0 Å². The van der Waals surface area contributed by atoms with Gasteiger partial charge in [-0.3, -0.25) is 4.90 Å². The number of aryl methyl sites for hydroxylation is 1. The fourth-order valence-electron chi connectivity index (χ4n) is 2.26. The van der Waals surface area contributed by atoms with Crippen LogP contribution in [0.4, 0.5) is 16.2 Å². The van der Waals surface area contributed by atoms with Gasteiger partial charge in [0, 0.05) is 24.5 Å². The van der Waals surface area contributed by atoms with Crippen molar-refractivity contribution in [1.29, 1.82) is 0 Å². The van der Waals surface area contributed by atoms with Gasteiger partial charge in [0.2, 0.25) is 0 Å². The predicted octanol–water partition coefficient (Wildman–Crippen LogP) is 3.51. The number of para-hydroxylation sites is 1. The number of nitrogens with two attached hydrogens (primary N) is 1. The lowest BCUT2D eigenvalue weighted by atomic mass is 10.2. The molecule has 0 aromatic heterocycles. The summed E-state index contributed by atoms with van der Waals surface area (Å²) < 4.78 is 0.